The van der Waals surface area contributed by atoms with Crippen LogP contribution in [0.1, 0.15) is 22.0 Å². The highest BCUT2D eigenvalue weighted by atomic mass is 32.2. The molecule has 21 heavy (non-hydrogen) atoms. The SMILES string of the molecule is CSc1ccccc1C(=O)NC[C@@H](c1ccsc1)N(C)C. The van der Waals surface area contributed by atoms with Gasteiger partial charge in [0.25, 0.3) is 5.91 Å². The summed E-state index contributed by atoms with van der Waals surface area (Å²) in [6, 6.07) is 10.0. The zero-order chi connectivity index (χ0) is 15.2. The number of nitrogens with zero attached hydrogens (tertiary/aromatic N) is 1. The van der Waals surface area contributed by atoms with Crippen LogP contribution in [0, 0.1) is 0 Å². The van der Waals surface area contributed by atoms with Gasteiger partial charge in [0.1, 0.15) is 0 Å². The molecule has 1 amide bonds. The van der Waals surface area contributed by atoms with Gasteiger partial charge in [0.15, 0.2) is 0 Å². The molecule has 1 aromatic carbocycles. The molecular weight excluding hydrogens is 300 g/mol. The molecule has 0 radical (unpaired) electrons. The molecule has 0 bridgehead atoms. The molecule has 0 saturated heterocycles. The Morgan fingerprint density at radius 2 is 2.10 bits per heavy atom. The molecule has 0 aliphatic rings. The number of benzene rings is 1. The zero-order valence-corrected chi connectivity index (χ0v) is 14.1. The number of carbonyl (C=O) groups is 1. The third-order valence-electron chi connectivity index (χ3n) is 3.36. The largest absolute Gasteiger partial charge is 0.350 e. The Kier molecular flexibility index (Phi) is 5.85. The standard InChI is InChI=1S/C16H20N2OS2/c1-18(2)14(12-8-9-21-11-12)10-17-16(19)13-6-4-5-7-15(13)20-3/h4-9,11,14H,10H2,1-3H3,(H,17,19)/t14-/m0/s1. The van der Waals surface area contributed by atoms with Gasteiger partial charge in [0.2, 0.25) is 0 Å². The lowest BCUT2D eigenvalue weighted by molar-refractivity contribution is 0.0939. The molecule has 112 valence electrons. The van der Waals surface area contributed by atoms with Crippen LogP contribution < -0.4 is 5.32 Å². The Bertz CT molecular complexity index is 582. The van der Waals surface area contributed by atoms with E-state index in [9.17, 15) is 4.79 Å². The molecule has 2 aromatic rings. The second-order valence-corrected chi connectivity index (χ2v) is 6.57. The van der Waals surface area contributed by atoms with Gasteiger partial charge in [-0.05, 0) is 54.9 Å². The number of carbonyl (C=O) groups excluding carboxylic acids is 1. The summed E-state index contributed by atoms with van der Waals surface area (Å²) < 4.78 is 0. The van der Waals surface area contributed by atoms with Gasteiger partial charge in [-0.1, -0.05) is 12.1 Å². The predicted molar refractivity (Wildman–Crippen MR) is 91.3 cm³/mol. The molecule has 1 heterocycles. The lowest BCUT2D eigenvalue weighted by Gasteiger charge is -2.24. The lowest BCUT2D eigenvalue weighted by Crippen LogP contribution is -2.34. The molecule has 0 unspecified atom stereocenters. The molecule has 0 aliphatic heterocycles. The van der Waals surface area contributed by atoms with Gasteiger partial charge in [-0.25, -0.2) is 0 Å². The van der Waals surface area contributed by atoms with Crippen molar-refractivity contribution in [2.75, 3.05) is 26.9 Å². The minimum atomic E-state index is -0.0120. The monoisotopic (exact) mass is 320 g/mol. The molecule has 1 atom stereocenters. The summed E-state index contributed by atoms with van der Waals surface area (Å²) >= 11 is 3.27. The maximum Gasteiger partial charge on any atom is 0.252 e. The van der Waals surface area contributed by atoms with Crippen molar-refractivity contribution in [2.45, 2.75) is 10.9 Å². The van der Waals surface area contributed by atoms with E-state index in [1.54, 1.807) is 23.1 Å². The quantitative estimate of drug-likeness (QED) is 0.827. The average molecular weight is 320 g/mol. The Hall–Kier alpha value is -1.30. The van der Waals surface area contributed by atoms with Gasteiger partial charge in [0.05, 0.1) is 11.6 Å². The third kappa shape index (κ3) is 4.09. The van der Waals surface area contributed by atoms with E-state index >= 15 is 0 Å². The van der Waals surface area contributed by atoms with Crippen LogP contribution in [0.25, 0.3) is 0 Å². The number of likely N-dealkylation sites (N-methyl/N-ethyl adjacent to an activating group) is 1. The fraction of sp³-hybridized carbons (Fsp3) is 0.312. The summed E-state index contributed by atoms with van der Waals surface area (Å²) in [5.74, 6) is -0.0120. The Balaban J connectivity index is 2.06. The number of rotatable bonds is 6. The number of hydrogen-bond donors (Lipinski definition) is 1. The van der Waals surface area contributed by atoms with Gasteiger partial charge in [-0.2, -0.15) is 11.3 Å². The van der Waals surface area contributed by atoms with Crippen molar-refractivity contribution in [3.63, 3.8) is 0 Å². The van der Waals surface area contributed by atoms with Crippen molar-refractivity contribution in [3.05, 3.63) is 52.2 Å². The van der Waals surface area contributed by atoms with Crippen LogP contribution in [-0.4, -0.2) is 37.7 Å². The van der Waals surface area contributed by atoms with Crippen molar-refractivity contribution >= 4 is 29.0 Å². The number of thiophene rings is 1. The molecule has 2 rings (SSSR count). The Labute approximate surface area is 134 Å². The first-order valence-corrected chi connectivity index (χ1v) is 8.90. The van der Waals surface area contributed by atoms with E-state index in [0.717, 1.165) is 10.5 Å². The summed E-state index contributed by atoms with van der Waals surface area (Å²) in [6.07, 6.45) is 1.99. The number of hydrogen-bond acceptors (Lipinski definition) is 4. The topological polar surface area (TPSA) is 32.3 Å². The van der Waals surface area contributed by atoms with E-state index in [4.69, 9.17) is 0 Å². The van der Waals surface area contributed by atoms with E-state index in [1.165, 1.54) is 5.56 Å². The first-order chi connectivity index (χ1) is 10.1. The maximum absolute atomic E-state index is 12.4. The van der Waals surface area contributed by atoms with Gasteiger partial charge in [0, 0.05) is 11.4 Å². The van der Waals surface area contributed by atoms with Crippen LogP contribution >= 0.6 is 23.1 Å². The van der Waals surface area contributed by atoms with Crippen molar-refractivity contribution in [3.8, 4) is 0 Å². The molecular formula is C16H20N2OS2. The molecule has 0 spiro atoms. The normalized spacial score (nSPS) is 12.4. The Morgan fingerprint density at radius 3 is 2.71 bits per heavy atom. The van der Waals surface area contributed by atoms with Crippen molar-refractivity contribution in [1.82, 2.24) is 10.2 Å². The minimum absolute atomic E-state index is 0.0120. The molecule has 5 heteroatoms. The fourth-order valence-electron chi connectivity index (χ4n) is 2.18. The number of amides is 1. The number of thioether (sulfide) groups is 1. The molecule has 1 N–H and O–H groups in total. The molecule has 0 saturated carbocycles. The average Bonchev–Trinajstić information content (AvgIpc) is 3.01. The summed E-state index contributed by atoms with van der Waals surface area (Å²) in [5.41, 5.74) is 1.98. The Morgan fingerprint density at radius 1 is 1.33 bits per heavy atom. The van der Waals surface area contributed by atoms with E-state index in [1.807, 2.05) is 44.6 Å². The summed E-state index contributed by atoms with van der Waals surface area (Å²) in [4.78, 5) is 15.5. The molecule has 0 fully saturated rings. The second-order valence-electron chi connectivity index (χ2n) is 4.95. The third-order valence-corrected chi connectivity index (χ3v) is 4.86. The van der Waals surface area contributed by atoms with Crippen LogP contribution in [0.3, 0.4) is 0 Å². The van der Waals surface area contributed by atoms with Crippen molar-refractivity contribution in [1.29, 1.82) is 0 Å². The van der Waals surface area contributed by atoms with E-state index < -0.39 is 0 Å². The van der Waals surface area contributed by atoms with Gasteiger partial charge < -0.3 is 10.2 Å². The minimum Gasteiger partial charge on any atom is -0.350 e. The molecule has 3 nitrogen and oxygen atoms in total. The fourth-order valence-corrected chi connectivity index (χ4v) is 3.48. The van der Waals surface area contributed by atoms with Crippen LogP contribution in [-0.2, 0) is 0 Å². The van der Waals surface area contributed by atoms with Crippen LogP contribution in [0.2, 0.25) is 0 Å². The first kappa shape index (κ1) is 16.1. The van der Waals surface area contributed by atoms with Crippen molar-refractivity contribution in [2.24, 2.45) is 0 Å². The molecule has 0 aliphatic carbocycles. The maximum atomic E-state index is 12.4. The lowest BCUT2D eigenvalue weighted by atomic mass is 10.1. The predicted octanol–water partition coefficient (Wildman–Crippen LogP) is 3.50. The smallest absolute Gasteiger partial charge is 0.252 e. The van der Waals surface area contributed by atoms with Crippen LogP contribution in [0.15, 0.2) is 46.0 Å². The van der Waals surface area contributed by atoms with Crippen molar-refractivity contribution < 1.29 is 4.79 Å². The van der Waals surface area contributed by atoms with Crippen LogP contribution in [0.4, 0.5) is 0 Å². The molecule has 1 aromatic heterocycles. The highest BCUT2D eigenvalue weighted by Crippen LogP contribution is 2.22. The highest BCUT2D eigenvalue weighted by molar-refractivity contribution is 7.98. The van der Waals surface area contributed by atoms with Gasteiger partial charge in [-0.3, -0.25) is 4.79 Å². The number of nitrogens with one attached hydrogen (secondary N) is 1. The van der Waals surface area contributed by atoms with E-state index in [0.29, 0.717) is 6.54 Å². The zero-order valence-electron chi connectivity index (χ0n) is 12.5. The first-order valence-electron chi connectivity index (χ1n) is 6.73. The second kappa shape index (κ2) is 7.64. The summed E-state index contributed by atoms with van der Waals surface area (Å²) in [6.45, 7) is 0.602. The van der Waals surface area contributed by atoms with E-state index in [2.05, 4.69) is 27.0 Å². The van der Waals surface area contributed by atoms with Crippen LogP contribution in [0.5, 0.6) is 0 Å². The van der Waals surface area contributed by atoms with Gasteiger partial charge in [-0.15, -0.1) is 11.8 Å². The summed E-state index contributed by atoms with van der Waals surface area (Å²) in [5, 5.41) is 7.25. The van der Waals surface area contributed by atoms with E-state index in [-0.39, 0.29) is 11.9 Å². The summed E-state index contributed by atoms with van der Waals surface area (Å²) in [7, 11) is 4.06. The van der Waals surface area contributed by atoms with Gasteiger partial charge >= 0.3 is 0 Å². The highest BCUT2D eigenvalue weighted by Gasteiger charge is 2.17.